The average Bonchev–Trinajstić information content (AvgIpc) is 2.78. The lowest BCUT2D eigenvalue weighted by Gasteiger charge is -2.28. The van der Waals surface area contributed by atoms with E-state index in [2.05, 4.69) is 20.6 Å². The number of carbonyl (C=O) groups excluding carboxylic acids is 1. The summed E-state index contributed by atoms with van der Waals surface area (Å²) in [4.78, 5) is 27.1. The van der Waals surface area contributed by atoms with Gasteiger partial charge in [0.05, 0.1) is 18.3 Å². The predicted molar refractivity (Wildman–Crippen MR) is 113 cm³/mol. The average molecular weight is 429 g/mol. The van der Waals surface area contributed by atoms with Crippen molar-refractivity contribution in [3.63, 3.8) is 0 Å². The van der Waals surface area contributed by atoms with Crippen molar-refractivity contribution in [3.05, 3.63) is 53.1 Å². The second-order valence-corrected chi connectivity index (χ2v) is 7.85. The van der Waals surface area contributed by atoms with Gasteiger partial charge in [-0.2, -0.15) is 0 Å². The Morgan fingerprint density at radius 3 is 2.84 bits per heavy atom. The van der Waals surface area contributed by atoms with E-state index < -0.39 is 6.09 Å². The lowest BCUT2D eigenvalue weighted by Crippen LogP contribution is -2.39. The minimum Gasteiger partial charge on any atom is -0.381 e. The molecule has 2 aliphatic heterocycles. The Morgan fingerprint density at radius 1 is 1.32 bits per heavy atom. The number of nitrogens with one attached hydrogen (secondary N) is 2. The summed E-state index contributed by atoms with van der Waals surface area (Å²) in [6, 6.07) is 6.18. The molecular formula is C22H28FN5O3. The zero-order valence-electron chi connectivity index (χ0n) is 17.6. The molecule has 1 saturated heterocycles. The summed E-state index contributed by atoms with van der Waals surface area (Å²) in [5, 5.41) is 7.84. The summed E-state index contributed by atoms with van der Waals surface area (Å²) in [7, 11) is 0. The summed E-state index contributed by atoms with van der Waals surface area (Å²) in [6.45, 7) is 4.42. The predicted octanol–water partition coefficient (Wildman–Crippen LogP) is 3.36. The molecule has 1 atom stereocenters. The third-order valence-electron chi connectivity index (χ3n) is 5.65. The highest BCUT2D eigenvalue weighted by Crippen LogP contribution is 2.21. The number of hydroxylamine groups is 2. The highest BCUT2D eigenvalue weighted by Gasteiger charge is 2.24. The van der Waals surface area contributed by atoms with Crippen molar-refractivity contribution in [2.75, 3.05) is 25.1 Å². The molecule has 0 spiro atoms. The smallest absolute Gasteiger partial charge is 0.381 e. The summed E-state index contributed by atoms with van der Waals surface area (Å²) in [6.07, 6.45) is 4.55. The molecule has 3 heterocycles. The number of anilines is 1. The van der Waals surface area contributed by atoms with Crippen molar-refractivity contribution in [1.29, 1.82) is 0 Å². The van der Waals surface area contributed by atoms with Gasteiger partial charge in [-0.1, -0.05) is 19.1 Å². The molecule has 1 fully saturated rings. The zero-order valence-corrected chi connectivity index (χ0v) is 17.6. The fourth-order valence-corrected chi connectivity index (χ4v) is 3.85. The van der Waals surface area contributed by atoms with Crippen molar-refractivity contribution in [2.45, 2.75) is 51.2 Å². The fourth-order valence-electron chi connectivity index (χ4n) is 3.85. The van der Waals surface area contributed by atoms with Crippen LogP contribution in [0.4, 0.5) is 15.1 Å². The number of hydrogen-bond donors (Lipinski definition) is 2. The third-order valence-corrected chi connectivity index (χ3v) is 5.65. The van der Waals surface area contributed by atoms with Crippen LogP contribution in [-0.4, -0.2) is 46.9 Å². The molecule has 2 N–H and O–H groups in total. The first-order valence-electron chi connectivity index (χ1n) is 10.8. The Bertz CT molecular complexity index is 889. The standard InChI is InChI=1S/C22H28FN5O3/c1-2-19(15-3-5-17(23)6-4-15)27-22(29)31-28-10-7-16-13-24-21(26-20(16)14-28)25-18-8-11-30-12-9-18/h3-6,13,18-19H,2,7-12,14H2,1H3,(H,27,29)(H,24,25,26)/t19-/m1/s1. The van der Waals surface area contributed by atoms with Crippen molar-refractivity contribution in [2.24, 2.45) is 0 Å². The summed E-state index contributed by atoms with van der Waals surface area (Å²) < 4.78 is 18.6. The monoisotopic (exact) mass is 429 g/mol. The maximum Gasteiger partial charge on any atom is 0.426 e. The highest BCUT2D eigenvalue weighted by molar-refractivity contribution is 5.67. The molecule has 1 amide bonds. The summed E-state index contributed by atoms with van der Waals surface area (Å²) in [5.74, 6) is 0.292. The zero-order chi connectivity index (χ0) is 21.6. The number of carbonyl (C=O) groups is 1. The Labute approximate surface area is 181 Å². The lowest BCUT2D eigenvalue weighted by molar-refractivity contribution is -0.112. The first-order chi connectivity index (χ1) is 15.1. The fraction of sp³-hybridized carbons (Fsp3) is 0.500. The minimum absolute atomic E-state index is 0.247. The largest absolute Gasteiger partial charge is 0.426 e. The molecule has 8 nitrogen and oxygen atoms in total. The van der Waals surface area contributed by atoms with Gasteiger partial charge in [0.2, 0.25) is 5.95 Å². The topological polar surface area (TPSA) is 88.6 Å². The van der Waals surface area contributed by atoms with Crippen molar-refractivity contribution in [3.8, 4) is 0 Å². The van der Waals surface area contributed by atoms with E-state index in [4.69, 9.17) is 9.57 Å². The molecule has 4 rings (SSSR count). The van der Waals surface area contributed by atoms with Crippen LogP contribution in [0.5, 0.6) is 0 Å². The van der Waals surface area contributed by atoms with Crippen LogP contribution in [0.15, 0.2) is 30.5 Å². The molecule has 9 heteroatoms. The van der Waals surface area contributed by atoms with E-state index >= 15 is 0 Å². The van der Waals surface area contributed by atoms with Crippen LogP contribution < -0.4 is 10.6 Å². The molecule has 2 aliphatic rings. The van der Waals surface area contributed by atoms with E-state index in [0.717, 1.165) is 42.9 Å². The van der Waals surface area contributed by atoms with Crippen molar-refractivity contribution < 1.29 is 18.8 Å². The van der Waals surface area contributed by atoms with Gasteiger partial charge in [-0.05, 0) is 48.9 Å². The Morgan fingerprint density at radius 2 is 2.10 bits per heavy atom. The molecule has 0 radical (unpaired) electrons. The molecule has 1 aromatic heterocycles. The van der Waals surface area contributed by atoms with Gasteiger partial charge >= 0.3 is 6.09 Å². The minimum atomic E-state index is -0.533. The van der Waals surface area contributed by atoms with E-state index in [-0.39, 0.29) is 11.9 Å². The Kier molecular flexibility index (Phi) is 6.93. The van der Waals surface area contributed by atoms with Crippen LogP contribution in [-0.2, 0) is 22.5 Å². The van der Waals surface area contributed by atoms with Gasteiger partial charge in [-0.3, -0.25) is 0 Å². The van der Waals surface area contributed by atoms with E-state index in [1.165, 1.54) is 12.1 Å². The number of rotatable bonds is 6. The van der Waals surface area contributed by atoms with Gasteiger partial charge < -0.3 is 20.2 Å². The third kappa shape index (κ3) is 5.68. The van der Waals surface area contributed by atoms with Gasteiger partial charge in [0, 0.05) is 32.0 Å². The van der Waals surface area contributed by atoms with Crippen molar-refractivity contribution in [1.82, 2.24) is 20.3 Å². The van der Waals surface area contributed by atoms with E-state index in [0.29, 0.717) is 37.9 Å². The molecule has 2 aromatic rings. The molecule has 0 bridgehead atoms. The Balaban J connectivity index is 1.33. The first kappa shape index (κ1) is 21.5. The second kappa shape index (κ2) is 10.0. The van der Waals surface area contributed by atoms with Gasteiger partial charge in [0.1, 0.15) is 5.82 Å². The van der Waals surface area contributed by atoms with E-state index in [9.17, 15) is 9.18 Å². The van der Waals surface area contributed by atoms with Crippen LogP contribution in [0.3, 0.4) is 0 Å². The number of aromatic nitrogens is 2. The van der Waals surface area contributed by atoms with Crippen molar-refractivity contribution >= 4 is 12.0 Å². The molecular weight excluding hydrogens is 401 g/mol. The van der Waals surface area contributed by atoms with E-state index in [1.54, 1.807) is 17.2 Å². The molecule has 1 aromatic carbocycles. The van der Waals surface area contributed by atoms with Crippen LogP contribution >= 0.6 is 0 Å². The number of halogens is 1. The first-order valence-corrected chi connectivity index (χ1v) is 10.8. The second-order valence-electron chi connectivity index (χ2n) is 7.85. The van der Waals surface area contributed by atoms with Crippen LogP contribution in [0.2, 0.25) is 0 Å². The number of benzene rings is 1. The normalized spacial score (nSPS) is 18.1. The van der Waals surface area contributed by atoms with Crippen LogP contribution in [0.1, 0.15) is 49.0 Å². The maximum atomic E-state index is 13.2. The summed E-state index contributed by atoms with van der Waals surface area (Å²) >= 11 is 0. The van der Waals surface area contributed by atoms with Gasteiger partial charge in [-0.15, -0.1) is 5.06 Å². The molecule has 166 valence electrons. The van der Waals surface area contributed by atoms with Gasteiger partial charge in [0.15, 0.2) is 0 Å². The Hall–Kier alpha value is -2.78. The number of hydrogen-bond acceptors (Lipinski definition) is 7. The number of fused-ring (bicyclic) bond motifs is 1. The molecule has 0 saturated carbocycles. The SMILES string of the molecule is CC[C@@H](NC(=O)ON1CCc2cnc(NC3CCOCC3)nc2C1)c1ccc(F)cc1. The number of nitrogens with zero attached hydrogens (tertiary/aromatic N) is 3. The van der Waals surface area contributed by atoms with Crippen LogP contribution in [0, 0.1) is 5.82 Å². The number of amides is 1. The quantitative estimate of drug-likeness (QED) is 0.728. The summed E-state index contributed by atoms with van der Waals surface area (Å²) in [5.41, 5.74) is 2.76. The molecule has 0 aliphatic carbocycles. The number of ether oxygens (including phenoxy) is 1. The highest BCUT2D eigenvalue weighted by atomic mass is 19.1. The molecule has 31 heavy (non-hydrogen) atoms. The lowest BCUT2D eigenvalue weighted by atomic mass is 10.1. The van der Waals surface area contributed by atoms with Gasteiger partial charge in [-0.25, -0.2) is 19.2 Å². The van der Waals surface area contributed by atoms with Crippen LogP contribution in [0.25, 0.3) is 0 Å². The molecule has 0 unspecified atom stereocenters. The van der Waals surface area contributed by atoms with E-state index in [1.807, 2.05) is 13.1 Å². The van der Waals surface area contributed by atoms with Gasteiger partial charge in [0.25, 0.3) is 0 Å². The maximum absolute atomic E-state index is 13.2.